The van der Waals surface area contributed by atoms with E-state index in [1.807, 2.05) is 28.7 Å². The van der Waals surface area contributed by atoms with Gasteiger partial charge in [0.15, 0.2) is 0 Å². The molecule has 0 saturated heterocycles. The quantitative estimate of drug-likeness (QED) is 0.798. The fraction of sp³-hybridized carbons (Fsp3) is 0.125. The average molecular weight is 341 g/mol. The number of carboxylic acid groups (broad SMARTS) is 1. The second kappa shape index (κ2) is 3.74. The molecule has 4 heteroatoms. The van der Waals surface area contributed by atoms with Crippen LogP contribution in [0.5, 0.6) is 0 Å². The van der Waals surface area contributed by atoms with Gasteiger partial charge in [-0.3, -0.25) is 0 Å². The van der Waals surface area contributed by atoms with Crippen molar-refractivity contribution < 1.29 is 9.90 Å². The molecule has 0 aliphatic carbocycles. The molecule has 12 heavy (non-hydrogen) atoms. The molecule has 0 bridgehead atoms. The van der Waals surface area contributed by atoms with Crippen molar-refractivity contribution in [1.29, 1.82) is 0 Å². The number of carbonyl (C=O) groups is 1. The van der Waals surface area contributed by atoms with Gasteiger partial charge in [-0.2, -0.15) is 0 Å². The first-order chi connectivity index (χ1) is 5.54. The van der Waals surface area contributed by atoms with Crippen LogP contribution in [0.3, 0.4) is 0 Å². The third-order valence-corrected chi connectivity index (χ3v) is 4.04. The topological polar surface area (TPSA) is 37.3 Å². The summed E-state index contributed by atoms with van der Waals surface area (Å²) in [6.07, 6.45) is 0. The lowest BCUT2D eigenvalue weighted by atomic mass is 10.1. The maximum Gasteiger partial charge on any atom is 0.337 e. The van der Waals surface area contributed by atoms with Crippen LogP contribution >= 0.6 is 38.5 Å². The summed E-state index contributed by atoms with van der Waals surface area (Å²) in [5, 5.41) is 8.85. The van der Waals surface area contributed by atoms with Crippen LogP contribution in [0.25, 0.3) is 0 Å². The Bertz CT molecular complexity index is 336. The molecular weight excluding hydrogens is 335 g/mol. The maximum atomic E-state index is 10.8. The fourth-order valence-corrected chi connectivity index (χ4v) is 2.08. The summed E-state index contributed by atoms with van der Waals surface area (Å²) < 4.78 is 1.58. The van der Waals surface area contributed by atoms with Gasteiger partial charge < -0.3 is 5.11 Å². The molecule has 1 N–H and O–H groups in total. The summed E-state index contributed by atoms with van der Waals surface area (Å²) in [5.41, 5.74) is 1.17. The zero-order valence-electron chi connectivity index (χ0n) is 6.27. The number of carboxylic acids is 1. The highest BCUT2D eigenvalue weighted by atomic mass is 127. The number of benzene rings is 1. The van der Waals surface area contributed by atoms with Crippen LogP contribution in [0, 0.1) is 10.5 Å². The Labute approximate surface area is 92.2 Å². The van der Waals surface area contributed by atoms with E-state index in [1.54, 1.807) is 13.0 Å². The first-order valence-corrected chi connectivity index (χ1v) is 5.09. The Morgan fingerprint density at radius 2 is 2.17 bits per heavy atom. The minimum Gasteiger partial charge on any atom is -0.478 e. The molecule has 1 aromatic rings. The molecule has 64 valence electrons. The van der Waals surface area contributed by atoms with Crippen LogP contribution < -0.4 is 0 Å². The van der Waals surface area contributed by atoms with Crippen molar-refractivity contribution in [3.8, 4) is 0 Å². The largest absolute Gasteiger partial charge is 0.478 e. The van der Waals surface area contributed by atoms with E-state index >= 15 is 0 Å². The first-order valence-electron chi connectivity index (χ1n) is 3.22. The molecule has 0 aliphatic rings. The standard InChI is InChI=1S/C8H6BrIO2/c1-4-2-3-5(9)7(10)6(4)8(11)12/h2-3H,1H3,(H,11,12). The van der Waals surface area contributed by atoms with Gasteiger partial charge in [0.25, 0.3) is 0 Å². The van der Waals surface area contributed by atoms with E-state index in [2.05, 4.69) is 15.9 Å². The first kappa shape index (κ1) is 9.98. The van der Waals surface area contributed by atoms with Gasteiger partial charge in [-0.05, 0) is 57.1 Å². The molecule has 1 rings (SSSR count). The molecule has 0 heterocycles. The Kier molecular flexibility index (Phi) is 3.11. The lowest BCUT2D eigenvalue weighted by molar-refractivity contribution is 0.0695. The van der Waals surface area contributed by atoms with Crippen molar-refractivity contribution in [2.75, 3.05) is 0 Å². The van der Waals surface area contributed by atoms with E-state index in [4.69, 9.17) is 5.11 Å². The van der Waals surface area contributed by atoms with Crippen molar-refractivity contribution in [3.05, 3.63) is 31.3 Å². The number of hydrogen-bond donors (Lipinski definition) is 1. The highest BCUT2D eigenvalue weighted by molar-refractivity contribution is 14.1. The molecule has 0 unspecified atom stereocenters. The van der Waals surface area contributed by atoms with E-state index in [-0.39, 0.29) is 0 Å². The molecule has 0 spiro atoms. The lowest BCUT2D eigenvalue weighted by Crippen LogP contribution is -2.03. The van der Waals surface area contributed by atoms with Crippen LogP contribution in [0.1, 0.15) is 15.9 Å². The van der Waals surface area contributed by atoms with Gasteiger partial charge in [-0.1, -0.05) is 6.07 Å². The van der Waals surface area contributed by atoms with Crippen LogP contribution in [0.15, 0.2) is 16.6 Å². The Morgan fingerprint density at radius 1 is 1.58 bits per heavy atom. The zero-order chi connectivity index (χ0) is 9.30. The zero-order valence-corrected chi connectivity index (χ0v) is 10.0. The summed E-state index contributed by atoms with van der Waals surface area (Å²) in [6.45, 7) is 1.79. The second-order valence-corrected chi connectivity index (χ2v) is 4.29. The highest BCUT2D eigenvalue weighted by Gasteiger charge is 2.13. The minimum atomic E-state index is -0.877. The van der Waals surface area contributed by atoms with Gasteiger partial charge in [-0.25, -0.2) is 4.79 Å². The Balaban J connectivity index is 3.43. The summed E-state index contributed by atoms with van der Waals surface area (Å²) >= 11 is 5.30. The van der Waals surface area contributed by atoms with E-state index in [0.717, 1.165) is 13.6 Å². The molecule has 1 aromatic carbocycles. The van der Waals surface area contributed by atoms with Gasteiger partial charge >= 0.3 is 5.97 Å². The van der Waals surface area contributed by atoms with E-state index < -0.39 is 5.97 Å². The van der Waals surface area contributed by atoms with Crippen molar-refractivity contribution in [2.45, 2.75) is 6.92 Å². The number of halogens is 2. The maximum absolute atomic E-state index is 10.8. The molecule has 0 radical (unpaired) electrons. The summed E-state index contributed by atoms with van der Waals surface area (Å²) in [5.74, 6) is -0.877. The van der Waals surface area contributed by atoms with E-state index in [1.165, 1.54) is 0 Å². The molecule has 0 saturated carbocycles. The molecule has 0 amide bonds. The van der Waals surface area contributed by atoms with Gasteiger partial charge in [0.05, 0.1) is 5.56 Å². The number of rotatable bonds is 1. The Morgan fingerprint density at radius 3 is 2.58 bits per heavy atom. The minimum absolute atomic E-state index is 0.380. The van der Waals surface area contributed by atoms with Crippen LogP contribution in [-0.4, -0.2) is 11.1 Å². The summed E-state index contributed by atoms with van der Waals surface area (Å²) in [7, 11) is 0. The predicted octanol–water partition coefficient (Wildman–Crippen LogP) is 3.06. The SMILES string of the molecule is Cc1ccc(Br)c(I)c1C(=O)O. The smallest absolute Gasteiger partial charge is 0.337 e. The highest BCUT2D eigenvalue weighted by Crippen LogP contribution is 2.25. The van der Waals surface area contributed by atoms with Crippen LogP contribution in [0.2, 0.25) is 0 Å². The lowest BCUT2D eigenvalue weighted by Gasteiger charge is -2.04. The van der Waals surface area contributed by atoms with Gasteiger partial charge in [-0.15, -0.1) is 0 Å². The summed E-state index contributed by atoms with van der Waals surface area (Å²) in [6, 6.07) is 3.64. The van der Waals surface area contributed by atoms with Crippen molar-refractivity contribution >= 4 is 44.5 Å². The number of aryl methyl sites for hydroxylation is 1. The molecule has 0 atom stereocenters. The number of aromatic carboxylic acids is 1. The van der Waals surface area contributed by atoms with Gasteiger partial charge in [0.1, 0.15) is 0 Å². The van der Waals surface area contributed by atoms with E-state index in [0.29, 0.717) is 5.56 Å². The third-order valence-electron chi connectivity index (χ3n) is 1.52. The van der Waals surface area contributed by atoms with E-state index in [9.17, 15) is 4.79 Å². The molecule has 2 nitrogen and oxygen atoms in total. The molecular formula is C8H6BrIO2. The predicted molar refractivity (Wildman–Crippen MR) is 58.6 cm³/mol. The fourth-order valence-electron chi connectivity index (χ4n) is 0.910. The molecule has 0 fully saturated rings. The average Bonchev–Trinajstić information content (AvgIpc) is 1.97. The van der Waals surface area contributed by atoms with Gasteiger partial charge in [0.2, 0.25) is 0 Å². The molecule has 0 aliphatic heterocycles. The van der Waals surface area contributed by atoms with Crippen molar-refractivity contribution in [3.63, 3.8) is 0 Å². The number of hydrogen-bond acceptors (Lipinski definition) is 1. The van der Waals surface area contributed by atoms with Crippen molar-refractivity contribution in [2.24, 2.45) is 0 Å². The second-order valence-electron chi connectivity index (χ2n) is 2.36. The monoisotopic (exact) mass is 340 g/mol. The Hall–Kier alpha value is -0.100. The van der Waals surface area contributed by atoms with Crippen molar-refractivity contribution in [1.82, 2.24) is 0 Å². The molecule has 0 aromatic heterocycles. The normalized spacial score (nSPS) is 9.92. The third kappa shape index (κ3) is 1.80. The van der Waals surface area contributed by atoms with Gasteiger partial charge in [0, 0.05) is 8.04 Å². The van der Waals surface area contributed by atoms with Crippen LogP contribution in [-0.2, 0) is 0 Å². The van der Waals surface area contributed by atoms with Crippen LogP contribution in [0.4, 0.5) is 0 Å². The summed E-state index contributed by atoms with van der Waals surface area (Å²) in [4.78, 5) is 10.8.